The summed E-state index contributed by atoms with van der Waals surface area (Å²) < 4.78 is 0. The average molecular weight is 296 g/mol. The maximum Gasteiger partial charge on any atom is 0.0148 e. The highest BCUT2D eigenvalue weighted by Gasteiger charge is 2.52. The first kappa shape index (κ1) is 19.0. The Hall–Kier alpha value is -0.0400. The molecular formula is C20H41N. The Balaban J connectivity index is 2.84. The molecule has 21 heavy (non-hydrogen) atoms. The summed E-state index contributed by atoms with van der Waals surface area (Å²) in [4.78, 5) is 2.53. The van der Waals surface area contributed by atoms with Gasteiger partial charge in [-0.05, 0) is 61.9 Å². The predicted molar refractivity (Wildman–Crippen MR) is 95.5 cm³/mol. The summed E-state index contributed by atoms with van der Waals surface area (Å²) in [6, 6.07) is 0.737. The molecule has 0 saturated heterocycles. The van der Waals surface area contributed by atoms with E-state index in [9.17, 15) is 0 Å². The van der Waals surface area contributed by atoms with Crippen LogP contribution in [-0.4, -0.2) is 25.0 Å². The number of rotatable bonds is 8. The fourth-order valence-electron chi connectivity index (χ4n) is 5.86. The van der Waals surface area contributed by atoms with E-state index in [0.29, 0.717) is 5.41 Å². The molecule has 0 bridgehead atoms. The molecule has 1 saturated carbocycles. The minimum atomic E-state index is 0.529. The Labute approximate surface area is 134 Å². The van der Waals surface area contributed by atoms with Crippen molar-refractivity contribution in [3.63, 3.8) is 0 Å². The van der Waals surface area contributed by atoms with E-state index >= 15 is 0 Å². The van der Waals surface area contributed by atoms with Gasteiger partial charge in [-0.25, -0.2) is 0 Å². The maximum atomic E-state index is 2.56. The highest BCUT2D eigenvalue weighted by atomic mass is 15.1. The number of hydrogen-bond acceptors (Lipinski definition) is 1. The lowest BCUT2D eigenvalue weighted by molar-refractivity contribution is -0.0887. The van der Waals surface area contributed by atoms with Crippen molar-refractivity contribution in [2.45, 2.75) is 80.2 Å². The molecule has 0 amide bonds. The summed E-state index contributed by atoms with van der Waals surface area (Å²) in [5.74, 6) is 4.34. The molecule has 1 fully saturated rings. The van der Waals surface area contributed by atoms with Crippen molar-refractivity contribution >= 4 is 0 Å². The number of hydrogen-bond donors (Lipinski definition) is 0. The molecule has 0 N–H and O–H groups in total. The van der Waals surface area contributed by atoms with Gasteiger partial charge >= 0.3 is 0 Å². The second-order valence-electron chi connectivity index (χ2n) is 8.71. The van der Waals surface area contributed by atoms with E-state index in [-0.39, 0.29) is 0 Å². The van der Waals surface area contributed by atoms with Gasteiger partial charge < -0.3 is 4.90 Å². The molecule has 0 aromatic carbocycles. The van der Waals surface area contributed by atoms with Crippen LogP contribution in [0.5, 0.6) is 0 Å². The zero-order chi connectivity index (χ0) is 16.4. The molecule has 1 aliphatic carbocycles. The summed E-state index contributed by atoms with van der Waals surface area (Å²) in [7, 11) is 4.60. The lowest BCUT2D eigenvalue weighted by Crippen LogP contribution is -2.57. The lowest BCUT2D eigenvalue weighted by atomic mass is 9.50. The highest BCUT2D eigenvalue weighted by molar-refractivity contribution is 5.03. The van der Waals surface area contributed by atoms with Gasteiger partial charge in [-0.15, -0.1) is 0 Å². The van der Waals surface area contributed by atoms with Gasteiger partial charge in [0.25, 0.3) is 0 Å². The molecule has 0 aromatic heterocycles. The number of nitrogens with zero attached hydrogens (tertiary/aromatic N) is 1. The molecule has 0 radical (unpaired) electrons. The van der Waals surface area contributed by atoms with Crippen LogP contribution in [0.15, 0.2) is 0 Å². The largest absolute Gasteiger partial charge is 0.306 e. The molecule has 0 heterocycles. The SMILES string of the molecule is CCC(C(C)C)C(C)CC(N(C)C)C1(C)CC(C)C1CC. The Morgan fingerprint density at radius 1 is 1.14 bits per heavy atom. The monoisotopic (exact) mass is 295 g/mol. The summed E-state index contributed by atoms with van der Waals surface area (Å²) in [6.45, 7) is 17.1. The fourth-order valence-corrected chi connectivity index (χ4v) is 5.86. The highest BCUT2D eigenvalue weighted by Crippen LogP contribution is 2.56. The third-order valence-electron chi connectivity index (χ3n) is 6.77. The third kappa shape index (κ3) is 3.84. The minimum Gasteiger partial charge on any atom is -0.306 e. The van der Waals surface area contributed by atoms with Gasteiger partial charge in [0.2, 0.25) is 0 Å². The molecule has 6 atom stereocenters. The smallest absolute Gasteiger partial charge is 0.0148 e. The van der Waals surface area contributed by atoms with Gasteiger partial charge in [0.1, 0.15) is 0 Å². The van der Waals surface area contributed by atoms with Gasteiger partial charge in [0, 0.05) is 6.04 Å². The van der Waals surface area contributed by atoms with E-state index < -0.39 is 0 Å². The van der Waals surface area contributed by atoms with E-state index in [0.717, 1.165) is 35.6 Å². The van der Waals surface area contributed by atoms with E-state index in [1.165, 1.54) is 25.7 Å². The first-order chi connectivity index (χ1) is 9.68. The fraction of sp³-hybridized carbons (Fsp3) is 1.00. The van der Waals surface area contributed by atoms with Crippen molar-refractivity contribution in [3.8, 4) is 0 Å². The zero-order valence-corrected chi connectivity index (χ0v) is 16.2. The van der Waals surface area contributed by atoms with Crippen molar-refractivity contribution in [2.75, 3.05) is 14.1 Å². The second-order valence-corrected chi connectivity index (χ2v) is 8.71. The topological polar surface area (TPSA) is 3.24 Å². The minimum absolute atomic E-state index is 0.529. The first-order valence-corrected chi connectivity index (χ1v) is 9.35. The molecule has 0 aliphatic heterocycles. The van der Waals surface area contributed by atoms with Gasteiger partial charge in [0.05, 0.1) is 0 Å². The van der Waals surface area contributed by atoms with Crippen molar-refractivity contribution < 1.29 is 0 Å². The van der Waals surface area contributed by atoms with Gasteiger partial charge in [-0.2, -0.15) is 0 Å². The predicted octanol–water partition coefficient (Wildman–Crippen LogP) is 5.70. The Kier molecular flexibility index (Phi) is 6.78. The van der Waals surface area contributed by atoms with Crippen LogP contribution in [0.25, 0.3) is 0 Å². The van der Waals surface area contributed by atoms with Gasteiger partial charge in [0.15, 0.2) is 0 Å². The van der Waals surface area contributed by atoms with Crippen molar-refractivity contribution in [1.82, 2.24) is 4.90 Å². The van der Waals surface area contributed by atoms with Crippen molar-refractivity contribution in [1.29, 1.82) is 0 Å². The molecule has 1 rings (SSSR count). The van der Waals surface area contributed by atoms with Crippen molar-refractivity contribution in [3.05, 3.63) is 0 Å². The normalized spacial score (nSPS) is 33.9. The summed E-state index contributed by atoms with van der Waals surface area (Å²) in [5.41, 5.74) is 0.529. The molecule has 6 unspecified atom stereocenters. The van der Waals surface area contributed by atoms with Crippen LogP contribution < -0.4 is 0 Å². The molecular weight excluding hydrogens is 254 g/mol. The average Bonchev–Trinajstić information content (AvgIpc) is 2.35. The van der Waals surface area contributed by atoms with Gasteiger partial charge in [-0.3, -0.25) is 0 Å². The van der Waals surface area contributed by atoms with E-state index in [2.05, 4.69) is 67.5 Å². The maximum absolute atomic E-state index is 2.56. The van der Waals surface area contributed by atoms with Crippen LogP contribution in [0, 0.1) is 35.0 Å². The Bertz CT molecular complexity index is 309. The van der Waals surface area contributed by atoms with Crippen LogP contribution in [0.3, 0.4) is 0 Å². The lowest BCUT2D eigenvalue weighted by Gasteiger charge is -2.59. The first-order valence-electron chi connectivity index (χ1n) is 9.35. The van der Waals surface area contributed by atoms with Gasteiger partial charge in [-0.1, -0.05) is 61.3 Å². The second kappa shape index (κ2) is 7.49. The molecule has 126 valence electrons. The van der Waals surface area contributed by atoms with E-state index in [1.54, 1.807) is 0 Å². The van der Waals surface area contributed by atoms with E-state index in [4.69, 9.17) is 0 Å². The standard InChI is InChI=1S/C20H41N/c1-10-17(14(3)4)15(5)12-19(21(8)9)20(7)13-16(6)18(20)11-2/h14-19H,10-13H2,1-9H3. The van der Waals surface area contributed by atoms with E-state index in [1.807, 2.05) is 0 Å². The Morgan fingerprint density at radius 3 is 2.05 bits per heavy atom. The van der Waals surface area contributed by atoms with Crippen LogP contribution in [0.1, 0.15) is 74.1 Å². The van der Waals surface area contributed by atoms with Crippen LogP contribution in [0.4, 0.5) is 0 Å². The van der Waals surface area contributed by atoms with Crippen LogP contribution in [0.2, 0.25) is 0 Å². The molecule has 1 heteroatoms. The third-order valence-corrected chi connectivity index (χ3v) is 6.77. The molecule has 1 nitrogen and oxygen atoms in total. The summed E-state index contributed by atoms with van der Waals surface area (Å²) >= 11 is 0. The van der Waals surface area contributed by atoms with Crippen molar-refractivity contribution in [2.24, 2.45) is 35.0 Å². The van der Waals surface area contributed by atoms with Crippen LogP contribution in [-0.2, 0) is 0 Å². The summed E-state index contributed by atoms with van der Waals surface area (Å²) in [5, 5.41) is 0. The molecule has 0 aromatic rings. The summed E-state index contributed by atoms with van der Waals surface area (Å²) in [6.07, 6.45) is 5.45. The Morgan fingerprint density at radius 2 is 1.71 bits per heavy atom. The molecule has 1 aliphatic rings. The quantitative estimate of drug-likeness (QED) is 0.555. The van der Waals surface area contributed by atoms with Crippen LogP contribution >= 0.6 is 0 Å². The zero-order valence-electron chi connectivity index (χ0n) is 16.2. The molecule has 0 spiro atoms.